The van der Waals surface area contributed by atoms with Gasteiger partial charge in [-0.15, -0.1) is 0 Å². The minimum Gasteiger partial charge on any atom is -0.379 e. The van der Waals surface area contributed by atoms with Gasteiger partial charge in [0.2, 0.25) is 5.91 Å². The van der Waals surface area contributed by atoms with Crippen molar-refractivity contribution in [3.05, 3.63) is 29.8 Å². The van der Waals surface area contributed by atoms with Crippen molar-refractivity contribution in [2.45, 2.75) is 18.4 Å². The van der Waals surface area contributed by atoms with Crippen LogP contribution in [0.25, 0.3) is 0 Å². The molecule has 1 unspecified atom stereocenters. The highest BCUT2D eigenvalue weighted by Gasteiger charge is 2.38. The lowest BCUT2D eigenvalue weighted by Gasteiger charge is -2.20. The smallest absolute Gasteiger partial charge is 0.246 e. The lowest BCUT2D eigenvalue weighted by atomic mass is 9.99. The van der Waals surface area contributed by atoms with Crippen molar-refractivity contribution < 1.29 is 9.53 Å². The number of ether oxygens (including phenoxy) is 1. The average Bonchev–Trinajstić information content (AvgIpc) is 2.80. The molecule has 0 saturated carbocycles. The predicted octanol–water partition coefficient (Wildman–Crippen LogP) is 0.809. The van der Waals surface area contributed by atoms with Crippen LogP contribution in [0.2, 0.25) is 0 Å². The number of nitrogens with one attached hydrogen (secondary N) is 1. The van der Waals surface area contributed by atoms with Gasteiger partial charge >= 0.3 is 0 Å². The maximum atomic E-state index is 12.0. The van der Waals surface area contributed by atoms with Crippen LogP contribution in [0.4, 0.5) is 5.69 Å². The van der Waals surface area contributed by atoms with Gasteiger partial charge in [-0.1, -0.05) is 12.1 Å². The zero-order valence-electron chi connectivity index (χ0n) is 9.98. The number of amides is 1. The summed E-state index contributed by atoms with van der Waals surface area (Å²) < 4.78 is 5.15. The molecule has 0 bridgehead atoms. The molecule has 0 aromatic heterocycles. The van der Waals surface area contributed by atoms with Crippen molar-refractivity contribution in [1.82, 2.24) is 0 Å². The van der Waals surface area contributed by atoms with Crippen LogP contribution in [0, 0.1) is 11.3 Å². The number of nitriles is 1. The summed E-state index contributed by atoms with van der Waals surface area (Å²) in [6.45, 7) is 0.774. The predicted molar refractivity (Wildman–Crippen MR) is 66.7 cm³/mol. The third-order valence-electron chi connectivity index (χ3n) is 3.00. The molecule has 0 radical (unpaired) electrons. The molecule has 3 N–H and O–H groups in total. The van der Waals surface area contributed by atoms with E-state index in [0.717, 1.165) is 5.56 Å². The summed E-state index contributed by atoms with van der Waals surface area (Å²) in [6.07, 6.45) is 0.897. The van der Waals surface area contributed by atoms with Gasteiger partial charge in [0.25, 0.3) is 0 Å². The quantitative estimate of drug-likeness (QED) is 0.824. The number of carbonyl (C=O) groups excluding carboxylic acids is 1. The first-order valence-electron chi connectivity index (χ1n) is 5.78. The van der Waals surface area contributed by atoms with Crippen LogP contribution in [0.5, 0.6) is 0 Å². The SMILES string of the molecule is N#CCc1ccc(NC(=O)C2(N)CCOC2)cc1. The summed E-state index contributed by atoms with van der Waals surface area (Å²) in [5.74, 6) is -0.229. The molecule has 1 saturated heterocycles. The highest BCUT2D eigenvalue weighted by Crippen LogP contribution is 2.18. The Balaban J connectivity index is 2.01. The molecular formula is C13H15N3O2. The van der Waals surface area contributed by atoms with Gasteiger partial charge in [0.1, 0.15) is 5.54 Å². The van der Waals surface area contributed by atoms with E-state index in [4.69, 9.17) is 15.7 Å². The third kappa shape index (κ3) is 2.67. The van der Waals surface area contributed by atoms with E-state index in [2.05, 4.69) is 11.4 Å². The minimum atomic E-state index is -0.925. The van der Waals surface area contributed by atoms with E-state index in [0.29, 0.717) is 25.1 Å². The zero-order chi connectivity index (χ0) is 13.0. The van der Waals surface area contributed by atoms with Gasteiger partial charge in [0.15, 0.2) is 0 Å². The summed E-state index contributed by atoms with van der Waals surface area (Å²) in [7, 11) is 0. The Hall–Kier alpha value is -1.90. The monoisotopic (exact) mass is 245 g/mol. The van der Waals surface area contributed by atoms with E-state index in [9.17, 15) is 4.79 Å². The van der Waals surface area contributed by atoms with E-state index in [-0.39, 0.29) is 12.5 Å². The number of rotatable bonds is 3. The van der Waals surface area contributed by atoms with Crippen LogP contribution in [-0.4, -0.2) is 24.7 Å². The molecule has 94 valence electrons. The van der Waals surface area contributed by atoms with Gasteiger partial charge in [-0.3, -0.25) is 4.79 Å². The summed E-state index contributed by atoms with van der Waals surface area (Å²) in [6, 6.07) is 9.23. The Kier molecular flexibility index (Phi) is 3.60. The number of carbonyl (C=O) groups is 1. The number of nitrogens with zero attached hydrogens (tertiary/aromatic N) is 1. The molecule has 1 atom stereocenters. The second kappa shape index (κ2) is 5.17. The summed E-state index contributed by atoms with van der Waals surface area (Å²) in [5, 5.41) is 11.3. The largest absolute Gasteiger partial charge is 0.379 e. The standard InChI is InChI=1S/C13H15N3O2/c14-7-5-10-1-3-11(4-2-10)16-12(17)13(15)6-8-18-9-13/h1-4H,5-6,8-9,15H2,(H,16,17). The fraction of sp³-hybridized carbons (Fsp3) is 0.385. The number of anilines is 1. The lowest BCUT2D eigenvalue weighted by Crippen LogP contribution is -2.51. The fourth-order valence-corrected chi connectivity index (χ4v) is 1.81. The Labute approximate surface area is 106 Å². The van der Waals surface area contributed by atoms with Crippen molar-refractivity contribution >= 4 is 11.6 Å². The molecule has 1 fully saturated rings. The van der Waals surface area contributed by atoms with Crippen molar-refractivity contribution in [3.63, 3.8) is 0 Å². The van der Waals surface area contributed by atoms with Gasteiger partial charge in [0.05, 0.1) is 19.1 Å². The molecule has 1 aliphatic rings. The molecule has 0 spiro atoms. The van der Waals surface area contributed by atoms with E-state index in [1.165, 1.54) is 0 Å². The summed E-state index contributed by atoms with van der Waals surface area (Å²) >= 11 is 0. The van der Waals surface area contributed by atoms with Crippen LogP contribution in [-0.2, 0) is 16.0 Å². The molecule has 1 aliphatic heterocycles. The molecule has 1 aromatic carbocycles. The minimum absolute atomic E-state index is 0.229. The lowest BCUT2D eigenvalue weighted by molar-refractivity contribution is -0.121. The van der Waals surface area contributed by atoms with Gasteiger partial charge in [0, 0.05) is 12.3 Å². The van der Waals surface area contributed by atoms with Crippen LogP contribution in [0.3, 0.4) is 0 Å². The molecule has 5 heteroatoms. The molecule has 5 nitrogen and oxygen atoms in total. The average molecular weight is 245 g/mol. The van der Waals surface area contributed by atoms with Crippen LogP contribution in [0.15, 0.2) is 24.3 Å². The van der Waals surface area contributed by atoms with Gasteiger partial charge in [-0.05, 0) is 24.1 Å². The normalized spacial score (nSPS) is 22.4. The number of benzene rings is 1. The third-order valence-corrected chi connectivity index (χ3v) is 3.00. The first-order chi connectivity index (χ1) is 8.64. The van der Waals surface area contributed by atoms with Gasteiger partial charge < -0.3 is 15.8 Å². The van der Waals surface area contributed by atoms with Crippen molar-refractivity contribution in [1.29, 1.82) is 5.26 Å². The van der Waals surface area contributed by atoms with E-state index < -0.39 is 5.54 Å². The topological polar surface area (TPSA) is 88.1 Å². The second-order valence-corrected chi connectivity index (χ2v) is 4.44. The molecule has 2 rings (SSSR count). The Morgan fingerprint density at radius 1 is 1.50 bits per heavy atom. The molecule has 18 heavy (non-hydrogen) atoms. The van der Waals surface area contributed by atoms with Crippen molar-refractivity contribution in [2.75, 3.05) is 18.5 Å². The molecule has 0 aliphatic carbocycles. The van der Waals surface area contributed by atoms with Gasteiger partial charge in [-0.2, -0.15) is 5.26 Å². The van der Waals surface area contributed by atoms with Crippen molar-refractivity contribution in [2.24, 2.45) is 5.73 Å². The second-order valence-electron chi connectivity index (χ2n) is 4.44. The maximum Gasteiger partial charge on any atom is 0.246 e. The number of nitrogens with two attached hydrogens (primary N) is 1. The Bertz CT molecular complexity index is 470. The highest BCUT2D eigenvalue weighted by molar-refractivity contribution is 5.98. The Morgan fingerprint density at radius 2 is 2.22 bits per heavy atom. The molecular weight excluding hydrogens is 230 g/mol. The van der Waals surface area contributed by atoms with Crippen LogP contribution < -0.4 is 11.1 Å². The first kappa shape index (κ1) is 12.6. The van der Waals surface area contributed by atoms with E-state index in [1.54, 1.807) is 12.1 Å². The van der Waals surface area contributed by atoms with Crippen molar-refractivity contribution in [3.8, 4) is 6.07 Å². The molecule has 1 amide bonds. The highest BCUT2D eigenvalue weighted by atomic mass is 16.5. The van der Waals surface area contributed by atoms with Crippen LogP contribution in [0.1, 0.15) is 12.0 Å². The zero-order valence-corrected chi connectivity index (χ0v) is 9.98. The van der Waals surface area contributed by atoms with Crippen LogP contribution >= 0.6 is 0 Å². The number of hydrogen-bond acceptors (Lipinski definition) is 4. The maximum absolute atomic E-state index is 12.0. The fourth-order valence-electron chi connectivity index (χ4n) is 1.81. The Morgan fingerprint density at radius 3 is 2.78 bits per heavy atom. The molecule has 1 heterocycles. The summed E-state index contributed by atoms with van der Waals surface area (Å²) in [4.78, 5) is 12.0. The molecule has 1 aromatic rings. The van der Waals surface area contributed by atoms with E-state index in [1.807, 2.05) is 12.1 Å². The van der Waals surface area contributed by atoms with Gasteiger partial charge in [-0.25, -0.2) is 0 Å². The number of hydrogen-bond donors (Lipinski definition) is 2. The first-order valence-corrected chi connectivity index (χ1v) is 5.78. The van der Waals surface area contributed by atoms with E-state index >= 15 is 0 Å². The summed E-state index contributed by atoms with van der Waals surface area (Å²) in [5.41, 5.74) is 6.62.